The van der Waals surface area contributed by atoms with Gasteiger partial charge in [-0.3, -0.25) is 9.59 Å². The topological polar surface area (TPSA) is 77.1 Å². The molecule has 7 nitrogen and oxygen atoms in total. The van der Waals surface area contributed by atoms with E-state index >= 15 is 0 Å². The van der Waals surface area contributed by atoms with Crippen LogP contribution in [0.4, 0.5) is 5.69 Å². The number of ether oxygens (including phenoxy) is 3. The molecule has 0 radical (unpaired) electrons. The number of hydrogen-bond donors (Lipinski definition) is 1. The highest BCUT2D eigenvalue weighted by Crippen LogP contribution is 2.45. The number of thiophene rings is 1. The highest BCUT2D eigenvalue weighted by Gasteiger charge is 2.44. The Hall–Kier alpha value is -3.36. The molecule has 0 saturated heterocycles. The van der Waals surface area contributed by atoms with Crippen molar-refractivity contribution >= 4 is 28.8 Å². The Bertz CT molecular complexity index is 1130. The molecule has 1 aliphatic rings. The molecule has 172 valence electrons. The molecule has 33 heavy (non-hydrogen) atoms. The molecule has 0 bridgehead atoms. The predicted octanol–water partition coefficient (Wildman–Crippen LogP) is 4.33. The standard InChI is InChI=1S/C25H26N2O5S/c1-30-12-11-27-23(21-8-5-13-33-21)22(19-10-9-18(32-3)15-20(19)25(27)29)24(28)26-16-6-4-7-17(14-16)31-2/h4-10,13-15,22-23H,11-12H2,1-3H3,(H,26,28). The van der Waals surface area contributed by atoms with Crippen LogP contribution >= 0.6 is 11.3 Å². The van der Waals surface area contributed by atoms with Crippen molar-refractivity contribution in [2.45, 2.75) is 12.0 Å². The number of methoxy groups -OCH3 is 3. The van der Waals surface area contributed by atoms with E-state index in [0.29, 0.717) is 41.5 Å². The van der Waals surface area contributed by atoms with Gasteiger partial charge in [-0.2, -0.15) is 0 Å². The first-order valence-electron chi connectivity index (χ1n) is 10.5. The van der Waals surface area contributed by atoms with Crippen molar-refractivity contribution < 1.29 is 23.8 Å². The lowest BCUT2D eigenvalue weighted by Crippen LogP contribution is -2.47. The zero-order chi connectivity index (χ0) is 23.4. The van der Waals surface area contributed by atoms with Crippen LogP contribution in [0.1, 0.15) is 32.8 Å². The zero-order valence-electron chi connectivity index (χ0n) is 18.7. The van der Waals surface area contributed by atoms with Gasteiger partial charge in [-0.15, -0.1) is 11.3 Å². The van der Waals surface area contributed by atoms with Crippen LogP contribution in [0.25, 0.3) is 0 Å². The number of nitrogens with one attached hydrogen (secondary N) is 1. The minimum Gasteiger partial charge on any atom is -0.497 e. The maximum atomic E-state index is 13.8. The van der Waals surface area contributed by atoms with Crippen LogP contribution in [0.3, 0.4) is 0 Å². The van der Waals surface area contributed by atoms with Crippen molar-refractivity contribution in [3.8, 4) is 11.5 Å². The second kappa shape index (κ2) is 10.1. The normalized spacial score (nSPS) is 17.4. The number of fused-ring (bicyclic) bond motifs is 1. The van der Waals surface area contributed by atoms with Crippen LogP contribution in [0.15, 0.2) is 60.0 Å². The Balaban J connectivity index is 1.81. The largest absolute Gasteiger partial charge is 0.497 e. The summed E-state index contributed by atoms with van der Waals surface area (Å²) >= 11 is 1.53. The quantitative estimate of drug-likeness (QED) is 0.535. The molecule has 2 aromatic carbocycles. The summed E-state index contributed by atoms with van der Waals surface area (Å²) < 4.78 is 15.9. The van der Waals surface area contributed by atoms with Crippen LogP contribution < -0.4 is 14.8 Å². The summed E-state index contributed by atoms with van der Waals surface area (Å²) in [4.78, 5) is 30.0. The number of carbonyl (C=O) groups is 2. The number of nitrogens with zero attached hydrogens (tertiary/aromatic N) is 1. The van der Waals surface area contributed by atoms with Crippen LogP contribution in [0, 0.1) is 0 Å². The van der Waals surface area contributed by atoms with Gasteiger partial charge in [0.25, 0.3) is 5.91 Å². The fourth-order valence-electron chi connectivity index (χ4n) is 4.16. The molecule has 0 saturated carbocycles. The van der Waals surface area contributed by atoms with Crippen molar-refractivity contribution in [1.82, 2.24) is 4.90 Å². The Morgan fingerprint density at radius 1 is 1.03 bits per heavy atom. The summed E-state index contributed by atoms with van der Waals surface area (Å²) in [7, 11) is 4.73. The van der Waals surface area contributed by atoms with Gasteiger partial charge in [-0.25, -0.2) is 0 Å². The average Bonchev–Trinajstić information content (AvgIpc) is 3.37. The van der Waals surface area contributed by atoms with E-state index in [1.54, 1.807) is 44.4 Å². The minimum atomic E-state index is -0.620. The molecular weight excluding hydrogens is 440 g/mol. The van der Waals surface area contributed by atoms with Crippen molar-refractivity contribution in [3.05, 3.63) is 76.0 Å². The summed E-state index contributed by atoms with van der Waals surface area (Å²) in [6.07, 6.45) is 0. The Morgan fingerprint density at radius 2 is 1.82 bits per heavy atom. The van der Waals surface area contributed by atoms with Gasteiger partial charge in [0.15, 0.2) is 0 Å². The number of anilines is 1. The number of benzene rings is 2. The SMILES string of the molecule is COCCN1C(=O)c2cc(OC)ccc2C(C(=O)Nc2cccc(OC)c2)C1c1cccs1. The monoisotopic (exact) mass is 466 g/mol. The Kier molecular flexibility index (Phi) is 6.96. The molecule has 1 aromatic heterocycles. The van der Waals surface area contributed by atoms with Crippen LogP contribution in [0.5, 0.6) is 11.5 Å². The maximum Gasteiger partial charge on any atom is 0.254 e. The molecular formula is C25H26N2O5S. The summed E-state index contributed by atoms with van der Waals surface area (Å²) in [6, 6.07) is 16.0. The van der Waals surface area contributed by atoms with Crippen molar-refractivity contribution in [2.75, 3.05) is 39.8 Å². The molecule has 2 amide bonds. The van der Waals surface area contributed by atoms with Gasteiger partial charge in [0, 0.05) is 35.8 Å². The number of carbonyl (C=O) groups excluding carboxylic acids is 2. The molecule has 2 heterocycles. The second-order valence-corrected chi connectivity index (χ2v) is 8.58. The van der Waals surface area contributed by atoms with Gasteiger partial charge in [0.05, 0.1) is 32.8 Å². The van der Waals surface area contributed by atoms with Gasteiger partial charge >= 0.3 is 0 Å². The van der Waals surface area contributed by atoms with Crippen molar-refractivity contribution in [3.63, 3.8) is 0 Å². The third-order valence-electron chi connectivity index (χ3n) is 5.73. The Labute approximate surface area is 196 Å². The van der Waals surface area contributed by atoms with Crippen molar-refractivity contribution in [1.29, 1.82) is 0 Å². The second-order valence-electron chi connectivity index (χ2n) is 7.60. The first kappa shape index (κ1) is 22.8. The molecule has 8 heteroatoms. The first-order valence-corrected chi connectivity index (χ1v) is 11.4. The summed E-state index contributed by atoms with van der Waals surface area (Å²) in [5.74, 6) is 0.238. The minimum absolute atomic E-state index is 0.148. The van der Waals surface area contributed by atoms with Crippen LogP contribution in [-0.4, -0.2) is 51.2 Å². The van der Waals surface area contributed by atoms with Crippen molar-refractivity contribution in [2.24, 2.45) is 0 Å². The van der Waals surface area contributed by atoms with Gasteiger partial charge in [0.1, 0.15) is 11.5 Å². The molecule has 0 spiro atoms. The van der Waals surface area contributed by atoms with E-state index in [1.165, 1.54) is 11.3 Å². The van der Waals surface area contributed by atoms with Gasteiger partial charge in [-0.05, 0) is 41.3 Å². The van der Waals surface area contributed by atoms with Crippen LogP contribution in [-0.2, 0) is 9.53 Å². The average molecular weight is 467 g/mol. The molecule has 0 fully saturated rings. The molecule has 4 rings (SSSR count). The third kappa shape index (κ3) is 4.58. The number of rotatable bonds is 8. The molecule has 2 unspecified atom stereocenters. The fraction of sp³-hybridized carbons (Fsp3) is 0.280. The number of hydrogen-bond acceptors (Lipinski definition) is 6. The molecule has 1 aliphatic heterocycles. The lowest BCUT2D eigenvalue weighted by atomic mass is 9.81. The van der Waals surface area contributed by atoms with Crippen LogP contribution in [0.2, 0.25) is 0 Å². The van der Waals surface area contributed by atoms with Gasteiger partial charge in [-0.1, -0.05) is 18.2 Å². The van der Waals surface area contributed by atoms with E-state index in [4.69, 9.17) is 14.2 Å². The summed E-state index contributed by atoms with van der Waals surface area (Å²) in [5.41, 5.74) is 1.76. The van der Waals surface area contributed by atoms with E-state index in [2.05, 4.69) is 5.32 Å². The lowest BCUT2D eigenvalue weighted by Gasteiger charge is -2.41. The fourth-order valence-corrected chi connectivity index (χ4v) is 5.04. The highest BCUT2D eigenvalue weighted by molar-refractivity contribution is 7.10. The maximum absolute atomic E-state index is 13.8. The molecule has 2 atom stereocenters. The van der Waals surface area contributed by atoms with E-state index < -0.39 is 12.0 Å². The smallest absolute Gasteiger partial charge is 0.254 e. The third-order valence-corrected chi connectivity index (χ3v) is 6.67. The predicted molar refractivity (Wildman–Crippen MR) is 127 cm³/mol. The van der Waals surface area contributed by atoms with E-state index in [1.807, 2.05) is 41.8 Å². The molecule has 0 aliphatic carbocycles. The van der Waals surface area contributed by atoms with E-state index in [-0.39, 0.29) is 11.8 Å². The molecule has 1 N–H and O–H groups in total. The van der Waals surface area contributed by atoms with E-state index in [0.717, 1.165) is 4.88 Å². The summed E-state index contributed by atoms with van der Waals surface area (Å²) in [6.45, 7) is 0.717. The summed E-state index contributed by atoms with van der Waals surface area (Å²) in [5, 5.41) is 4.98. The van der Waals surface area contributed by atoms with E-state index in [9.17, 15) is 9.59 Å². The molecule has 3 aromatic rings. The highest BCUT2D eigenvalue weighted by atomic mass is 32.1. The van der Waals surface area contributed by atoms with Gasteiger partial charge < -0.3 is 24.4 Å². The zero-order valence-corrected chi connectivity index (χ0v) is 19.6. The Morgan fingerprint density at radius 3 is 2.52 bits per heavy atom. The first-order chi connectivity index (χ1) is 16.1. The van der Waals surface area contributed by atoms with Gasteiger partial charge in [0.2, 0.25) is 5.91 Å². The number of amides is 2. The lowest BCUT2D eigenvalue weighted by molar-refractivity contribution is -0.119.